The normalized spacial score (nSPS) is 10.4. The van der Waals surface area contributed by atoms with Gasteiger partial charge in [-0.3, -0.25) is 10.1 Å². The minimum absolute atomic E-state index is 0.0947. The van der Waals surface area contributed by atoms with Crippen molar-refractivity contribution in [2.24, 2.45) is 0 Å². The molecule has 0 saturated carbocycles. The van der Waals surface area contributed by atoms with Gasteiger partial charge >= 0.3 is 0 Å². The molecule has 0 bridgehead atoms. The minimum Gasteiger partial charge on any atom is -0.313 e. The van der Waals surface area contributed by atoms with Crippen LogP contribution in [-0.2, 0) is 11.3 Å². The number of carbonyl (C=O) groups is 1. The summed E-state index contributed by atoms with van der Waals surface area (Å²) in [6.45, 7) is 0.537. The van der Waals surface area contributed by atoms with Gasteiger partial charge in [0, 0.05) is 34.5 Å². The Bertz CT molecular complexity index is 963. The lowest BCUT2D eigenvalue weighted by atomic mass is 10.2. The first kappa shape index (κ1) is 19.0. The second kappa shape index (κ2) is 9.26. The molecule has 5 nitrogen and oxygen atoms in total. The van der Waals surface area contributed by atoms with Crippen LogP contribution in [0.3, 0.4) is 0 Å². The lowest BCUT2D eigenvalue weighted by Gasteiger charge is -2.10. The van der Waals surface area contributed by atoms with Gasteiger partial charge in [0.2, 0.25) is 11.9 Å². The van der Waals surface area contributed by atoms with Crippen molar-refractivity contribution >= 4 is 35.2 Å². The highest BCUT2D eigenvalue weighted by Gasteiger charge is 2.09. The molecule has 1 N–H and O–H groups in total. The first-order valence-electron chi connectivity index (χ1n) is 8.33. The summed E-state index contributed by atoms with van der Waals surface area (Å²) in [5.41, 5.74) is 1.59. The monoisotopic (exact) mass is 396 g/mol. The third-order valence-electron chi connectivity index (χ3n) is 3.85. The average Bonchev–Trinajstić information content (AvgIpc) is 3.11. The summed E-state index contributed by atoms with van der Waals surface area (Å²) in [7, 11) is 0. The summed E-state index contributed by atoms with van der Waals surface area (Å²) in [6.07, 6.45) is 3.83. The van der Waals surface area contributed by atoms with E-state index in [0.29, 0.717) is 35.3 Å². The molecule has 1 heterocycles. The molecule has 0 fully saturated rings. The number of hydrogen-bond acceptors (Lipinski definition) is 4. The van der Waals surface area contributed by atoms with Crippen LogP contribution in [0.5, 0.6) is 0 Å². The maximum absolute atomic E-state index is 12.2. The van der Waals surface area contributed by atoms with Crippen LogP contribution in [0.15, 0.2) is 65.8 Å². The van der Waals surface area contributed by atoms with Gasteiger partial charge in [-0.05, 0) is 35.9 Å². The Morgan fingerprint density at radius 3 is 2.74 bits per heavy atom. The molecule has 3 rings (SSSR count). The number of thioether (sulfide) groups is 1. The van der Waals surface area contributed by atoms with Gasteiger partial charge in [0.15, 0.2) is 0 Å². The molecule has 0 aliphatic carbocycles. The third-order valence-corrected chi connectivity index (χ3v) is 5.23. The molecule has 27 heavy (non-hydrogen) atoms. The summed E-state index contributed by atoms with van der Waals surface area (Å²) in [6, 6.07) is 17.0. The Hall–Kier alpha value is -2.75. The zero-order valence-electron chi connectivity index (χ0n) is 14.4. The van der Waals surface area contributed by atoms with Crippen molar-refractivity contribution < 1.29 is 4.79 Å². The maximum Gasteiger partial charge on any atom is 0.227 e. The van der Waals surface area contributed by atoms with E-state index < -0.39 is 0 Å². The van der Waals surface area contributed by atoms with E-state index in [0.717, 1.165) is 10.5 Å². The van der Waals surface area contributed by atoms with Gasteiger partial charge in [0.05, 0.1) is 18.2 Å². The fourth-order valence-corrected chi connectivity index (χ4v) is 3.49. The van der Waals surface area contributed by atoms with Gasteiger partial charge in [-0.15, -0.1) is 11.8 Å². The van der Waals surface area contributed by atoms with Gasteiger partial charge in [-0.25, -0.2) is 4.98 Å². The zero-order valence-corrected chi connectivity index (χ0v) is 16.0. The molecule has 0 saturated heterocycles. The Morgan fingerprint density at radius 1 is 1.22 bits per heavy atom. The van der Waals surface area contributed by atoms with Gasteiger partial charge < -0.3 is 4.57 Å². The van der Waals surface area contributed by atoms with Crippen LogP contribution in [0.25, 0.3) is 0 Å². The molecule has 0 aliphatic heterocycles. The third kappa shape index (κ3) is 5.36. The lowest BCUT2D eigenvalue weighted by Crippen LogP contribution is -2.16. The second-order valence-electron chi connectivity index (χ2n) is 5.75. The highest BCUT2D eigenvalue weighted by atomic mass is 35.5. The summed E-state index contributed by atoms with van der Waals surface area (Å²) in [4.78, 5) is 17.5. The number of anilines is 1. The number of halogens is 1. The van der Waals surface area contributed by atoms with Crippen molar-refractivity contribution in [3.8, 4) is 6.07 Å². The molecular formula is C20H17ClN4OS. The van der Waals surface area contributed by atoms with Gasteiger partial charge in [0.25, 0.3) is 0 Å². The first-order valence-corrected chi connectivity index (χ1v) is 9.69. The van der Waals surface area contributed by atoms with E-state index in [4.69, 9.17) is 16.9 Å². The molecule has 7 heteroatoms. The number of aromatic nitrogens is 2. The maximum atomic E-state index is 12.2. The molecule has 136 valence electrons. The fraction of sp³-hybridized carbons (Fsp3) is 0.150. The number of imidazole rings is 1. The van der Waals surface area contributed by atoms with Gasteiger partial charge in [-0.1, -0.05) is 29.8 Å². The summed E-state index contributed by atoms with van der Waals surface area (Å²) >= 11 is 7.78. The predicted octanol–water partition coefficient (Wildman–Crippen LogP) is 4.58. The van der Waals surface area contributed by atoms with Crippen LogP contribution in [0.2, 0.25) is 5.02 Å². The van der Waals surface area contributed by atoms with Crippen molar-refractivity contribution in [1.82, 2.24) is 9.55 Å². The summed E-state index contributed by atoms with van der Waals surface area (Å²) < 4.78 is 1.85. The number of nitriles is 1. The Morgan fingerprint density at radius 2 is 2.00 bits per heavy atom. The van der Waals surface area contributed by atoms with E-state index in [1.165, 1.54) is 0 Å². The van der Waals surface area contributed by atoms with E-state index in [1.54, 1.807) is 30.1 Å². The van der Waals surface area contributed by atoms with Crippen molar-refractivity contribution in [1.29, 1.82) is 5.26 Å². The van der Waals surface area contributed by atoms with Crippen LogP contribution < -0.4 is 5.32 Å². The van der Waals surface area contributed by atoms with Crippen molar-refractivity contribution in [2.75, 3.05) is 11.1 Å². The summed E-state index contributed by atoms with van der Waals surface area (Å²) in [5, 5.41) is 12.3. The van der Waals surface area contributed by atoms with Crippen molar-refractivity contribution in [3.05, 3.63) is 77.1 Å². The largest absolute Gasteiger partial charge is 0.313 e. The number of nitrogens with one attached hydrogen (secondary N) is 1. The van der Waals surface area contributed by atoms with Crippen LogP contribution in [0.1, 0.15) is 17.5 Å². The standard InChI is InChI=1S/C20H17ClN4OS/c21-18-4-2-1-3-16(18)14-25-11-10-23-20(25)24-19(26)9-12-27-17-7-5-15(13-22)6-8-17/h1-8,10-11H,9,12,14H2,(H,23,24,26). The number of carbonyl (C=O) groups excluding carboxylic acids is 1. The van der Waals surface area contributed by atoms with E-state index >= 15 is 0 Å². The number of rotatable bonds is 7. The molecule has 1 aromatic heterocycles. The van der Waals surface area contributed by atoms with Crippen molar-refractivity contribution in [3.63, 3.8) is 0 Å². The van der Waals surface area contributed by atoms with E-state index in [1.807, 2.05) is 47.2 Å². The SMILES string of the molecule is N#Cc1ccc(SCCC(=O)Nc2nccn2Cc2ccccc2Cl)cc1. The number of benzene rings is 2. The molecule has 0 radical (unpaired) electrons. The van der Waals surface area contributed by atoms with E-state index in [2.05, 4.69) is 16.4 Å². The topological polar surface area (TPSA) is 70.7 Å². The van der Waals surface area contributed by atoms with Crippen LogP contribution in [0, 0.1) is 11.3 Å². The second-order valence-corrected chi connectivity index (χ2v) is 7.33. The van der Waals surface area contributed by atoms with Gasteiger partial charge in [-0.2, -0.15) is 5.26 Å². The molecule has 0 aliphatic rings. The van der Waals surface area contributed by atoms with Gasteiger partial charge in [0.1, 0.15) is 0 Å². The highest BCUT2D eigenvalue weighted by molar-refractivity contribution is 7.99. The molecular weight excluding hydrogens is 380 g/mol. The Balaban J connectivity index is 1.52. The summed E-state index contributed by atoms with van der Waals surface area (Å²) in [5.74, 6) is 1.05. The Kier molecular flexibility index (Phi) is 6.53. The minimum atomic E-state index is -0.0947. The molecule has 0 spiro atoms. The lowest BCUT2D eigenvalue weighted by molar-refractivity contribution is -0.115. The van der Waals surface area contributed by atoms with E-state index in [9.17, 15) is 4.79 Å². The average molecular weight is 397 g/mol. The number of hydrogen-bond donors (Lipinski definition) is 1. The zero-order chi connectivity index (χ0) is 19.1. The van der Waals surface area contributed by atoms with E-state index in [-0.39, 0.29) is 5.91 Å². The predicted molar refractivity (Wildman–Crippen MR) is 108 cm³/mol. The fourth-order valence-electron chi connectivity index (χ4n) is 2.45. The smallest absolute Gasteiger partial charge is 0.227 e. The number of amides is 1. The van der Waals surface area contributed by atoms with Crippen LogP contribution >= 0.6 is 23.4 Å². The van der Waals surface area contributed by atoms with Crippen molar-refractivity contribution in [2.45, 2.75) is 17.9 Å². The number of nitrogens with zero attached hydrogens (tertiary/aromatic N) is 3. The molecule has 3 aromatic rings. The molecule has 0 atom stereocenters. The molecule has 0 unspecified atom stereocenters. The molecule has 1 amide bonds. The first-order chi connectivity index (χ1) is 13.2. The molecule has 2 aromatic carbocycles. The van der Waals surface area contributed by atoms with Crippen LogP contribution in [0.4, 0.5) is 5.95 Å². The Labute approximate surface area is 167 Å². The highest BCUT2D eigenvalue weighted by Crippen LogP contribution is 2.20. The van der Waals surface area contributed by atoms with Crippen LogP contribution in [-0.4, -0.2) is 21.2 Å². The quantitative estimate of drug-likeness (QED) is 0.593.